The monoisotopic (exact) mass is 245 g/mol. The lowest BCUT2D eigenvalue weighted by Gasteiger charge is -2.14. The second kappa shape index (κ2) is 4.24. The van der Waals surface area contributed by atoms with Crippen molar-refractivity contribution in [3.63, 3.8) is 0 Å². The van der Waals surface area contributed by atoms with Crippen molar-refractivity contribution in [2.24, 2.45) is 0 Å². The van der Waals surface area contributed by atoms with Crippen molar-refractivity contribution in [1.82, 2.24) is 24.6 Å². The van der Waals surface area contributed by atoms with Gasteiger partial charge in [0.1, 0.15) is 5.82 Å². The Balaban J connectivity index is 2.07. The van der Waals surface area contributed by atoms with Gasteiger partial charge in [-0.15, -0.1) is 0 Å². The quantitative estimate of drug-likeness (QED) is 0.874. The van der Waals surface area contributed by atoms with Crippen LogP contribution in [0.5, 0.6) is 0 Å². The molecule has 0 fully saturated rings. The Morgan fingerprint density at radius 1 is 1.39 bits per heavy atom. The zero-order valence-electron chi connectivity index (χ0n) is 11.1. The highest BCUT2D eigenvalue weighted by Crippen LogP contribution is 2.20. The van der Waals surface area contributed by atoms with Crippen LogP contribution in [0.25, 0.3) is 5.82 Å². The van der Waals surface area contributed by atoms with Gasteiger partial charge in [-0.1, -0.05) is 0 Å². The first-order valence-corrected chi connectivity index (χ1v) is 6.50. The molecule has 0 radical (unpaired) electrons. The lowest BCUT2D eigenvalue weighted by Crippen LogP contribution is -2.24. The molecule has 5 nitrogen and oxygen atoms in total. The van der Waals surface area contributed by atoms with Crippen LogP contribution in [-0.2, 0) is 13.0 Å². The van der Waals surface area contributed by atoms with Gasteiger partial charge in [-0.05, 0) is 20.8 Å². The SMILES string of the molecule is Cc1nc2c(n1-c1ccn(C(C)C)n1)CCNC2. The Hall–Kier alpha value is -1.62. The smallest absolute Gasteiger partial charge is 0.160 e. The molecule has 0 unspecified atom stereocenters. The average Bonchev–Trinajstić information content (AvgIpc) is 2.91. The molecule has 0 spiro atoms. The van der Waals surface area contributed by atoms with Crippen molar-refractivity contribution < 1.29 is 0 Å². The molecule has 5 heteroatoms. The normalized spacial score (nSPS) is 15.1. The molecule has 0 saturated heterocycles. The Labute approximate surface area is 107 Å². The fourth-order valence-electron chi connectivity index (χ4n) is 2.48. The van der Waals surface area contributed by atoms with Crippen LogP contribution < -0.4 is 5.32 Å². The number of nitrogens with zero attached hydrogens (tertiary/aromatic N) is 4. The predicted molar refractivity (Wildman–Crippen MR) is 69.9 cm³/mol. The summed E-state index contributed by atoms with van der Waals surface area (Å²) in [5.41, 5.74) is 2.47. The molecule has 0 atom stereocenters. The highest BCUT2D eigenvalue weighted by atomic mass is 15.3. The Morgan fingerprint density at radius 3 is 2.94 bits per heavy atom. The summed E-state index contributed by atoms with van der Waals surface area (Å²) in [6.07, 6.45) is 3.05. The van der Waals surface area contributed by atoms with Gasteiger partial charge in [0.15, 0.2) is 5.82 Å². The zero-order valence-corrected chi connectivity index (χ0v) is 11.1. The topological polar surface area (TPSA) is 47.7 Å². The number of nitrogens with one attached hydrogen (secondary N) is 1. The van der Waals surface area contributed by atoms with Crippen molar-refractivity contribution in [2.45, 2.75) is 39.8 Å². The molecule has 3 heterocycles. The Kier molecular flexibility index (Phi) is 2.70. The first kappa shape index (κ1) is 11.5. The van der Waals surface area contributed by atoms with E-state index in [2.05, 4.69) is 39.9 Å². The van der Waals surface area contributed by atoms with Crippen molar-refractivity contribution in [1.29, 1.82) is 0 Å². The number of imidazole rings is 1. The highest BCUT2D eigenvalue weighted by molar-refractivity contribution is 5.32. The van der Waals surface area contributed by atoms with Gasteiger partial charge in [0.2, 0.25) is 0 Å². The molecule has 1 aliphatic heterocycles. The molecule has 96 valence electrons. The molecule has 0 aromatic carbocycles. The lowest BCUT2D eigenvalue weighted by molar-refractivity contribution is 0.528. The van der Waals surface area contributed by atoms with Gasteiger partial charge in [0, 0.05) is 37.8 Å². The summed E-state index contributed by atoms with van der Waals surface area (Å²) in [6.45, 7) is 8.21. The number of fused-ring (bicyclic) bond motifs is 1. The largest absolute Gasteiger partial charge is 0.311 e. The second-order valence-corrected chi connectivity index (χ2v) is 5.06. The number of aryl methyl sites for hydroxylation is 1. The summed E-state index contributed by atoms with van der Waals surface area (Å²) in [4.78, 5) is 4.63. The summed E-state index contributed by atoms with van der Waals surface area (Å²) in [6, 6.07) is 2.46. The van der Waals surface area contributed by atoms with Crippen LogP contribution in [0.4, 0.5) is 0 Å². The predicted octanol–water partition coefficient (Wildman–Crippen LogP) is 1.60. The highest BCUT2D eigenvalue weighted by Gasteiger charge is 2.19. The summed E-state index contributed by atoms with van der Waals surface area (Å²) >= 11 is 0. The standard InChI is InChI=1S/C13H19N5/c1-9(2)17-7-5-13(16-17)18-10(3)15-11-8-14-6-4-12(11)18/h5,7,9,14H,4,6,8H2,1-3H3. The fourth-order valence-corrected chi connectivity index (χ4v) is 2.48. The van der Waals surface area contributed by atoms with Gasteiger partial charge in [-0.25, -0.2) is 4.98 Å². The molecule has 1 N–H and O–H groups in total. The molecule has 0 bridgehead atoms. The van der Waals surface area contributed by atoms with Crippen LogP contribution in [0.15, 0.2) is 12.3 Å². The van der Waals surface area contributed by atoms with Crippen molar-refractivity contribution in [2.75, 3.05) is 6.54 Å². The van der Waals surface area contributed by atoms with Crippen molar-refractivity contribution in [3.8, 4) is 5.82 Å². The maximum atomic E-state index is 4.64. The minimum absolute atomic E-state index is 0.389. The van der Waals surface area contributed by atoms with Crippen LogP contribution in [0.1, 0.15) is 37.1 Å². The first-order chi connectivity index (χ1) is 8.66. The molecule has 0 aliphatic carbocycles. The first-order valence-electron chi connectivity index (χ1n) is 6.50. The zero-order chi connectivity index (χ0) is 12.7. The third-order valence-electron chi connectivity index (χ3n) is 3.41. The average molecular weight is 245 g/mol. The minimum atomic E-state index is 0.389. The maximum Gasteiger partial charge on any atom is 0.160 e. The van der Waals surface area contributed by atoms with E-state index in [1.54, 1.807) is 0 Å². The molecule has 2 aromatic rings. The van der Waals surface area contributed by atoms with Gasteiger partial charge < -0.3 is 5.32 Å². The summed E-state index contributed by atoms with van der Waals surface area (Å²) in [5, 5.41) is 8.00. The Bertz CT molecular complexity index is 564. The van der Waals surface area contributed by atoms with Crippen LogP contribution in [0.3, 0.4) is 0 Å². The number of aromatic nitrogens is 4. The number of rotatable bonds is 2. The molecule has 18 heavy (non-hydrogen) atoms. The van der Waals surface area contributed by atoms with E-state index in [9.17, 15) is 0 Å². The molecule has 0 amide bonds. The third kappa shape index (κ3) is 1.75. The van der Waals surface area contributed by atoms with Crippen LogP contribution in [0.2, 0.25) is 0 Å². The van der Waals surface area contributed by atoms with Gasteiger partial charge in [0.25, 0.3) is 0 Å². The van der Waals surface area contributed by atoms with Crippen molar-refractivity contribution in [3.05, 3.63) is 29.5 Å². The maximum absolute atomic E-state index is 4.64. The number of hydrogen-bond acceptors (Lipinski definition) is 3. The minimum Gasteiger partial charge on any atom is -0.311 e. The van der Waals surface area contributed by atoms with E-state index in [-0.39, 0.29) is 0 Å². The second-order valence-electron chi connectivity index (χ2n) is 5.06. The van der Waals surface area contributed by atoms with Crippen LogP contribution in [0, 0.1) is 6.92 Å². The number of hydrogen-bond donors (Lipinski definition) is 1. The summed E-state index contributed by atoms with van der Waals surface area (Å²) in [5.74, 6) is 2.01. The van der Waals surface area contributed by atoms with E-state index in [1.165, 1.54) is 5.69 Å². The molecule has 2 aromatic heterocycles. The molecule has 3 rings (SSSR count). The Morgan fingerprint density at radius 2 is 2.22 bits per heavy atom. The summed E-state index contributed by atoms with van der Waals surface area (Å²) in [7, 11) is 0. The van der Waals surface area contributed by atoms with E-state index >= 15 is 0 Å². The molecular formula is C13H19N5. The van der Waals surface area contributed by atoms with E-state index in [4.69, 9.17) is 0 Å². The van der Waals surface area contributed by atoms with E-state index in [0.29, 0.717) is 6.04 Å². The fraction of sp³-hybridized carbons (Fsp3) is 0.538. The van der Waals surface area contributed by atoms with E-state index < -0.39 is 0 Å². The van der Waals surface area contributed by atoms with Crippen LogP contribution in [-0.4, -0.2) is 25.9 Å². The van der Waals surface area contributed by atoms with E-state index in [1.807, 2.05) is 17.8 Å². The van der Waals surface area contributed by atoms with Gasteiger partial charge in [-0.3, -0.25) is 9.25 Å². The molecule has 1 aliphatic rings. The van der Waals surface area contributed by atoms with Crippen molar-refractivity contribution >= 4 is 0 Å². The van der Waals surface area contributed by atoms with Gasteiger partial charge >= 0.3 is 0 Å². The lowest BCUT2D eigenvalue weighted by atomic mass is 10.2. The van der Waals surface area contributed by atoms with Gasteiger partial charge in [-0.2, -0.15) is 5.10 Å². The van der Waals surface area contributed by atoms with Crippen LogP contribution >= 0.6 is 0 Å². The van der Waals surface area contributed by atoms with E-state index in [0.717, 1.165) is 36.8 Å². The third-order valence-corrected chi connectivity index (χ3v) is 3.41. The summed E-state index contributed by atoms with van der Waals surface area (Å²) < 4.78 is 4.18. The molecule has 0 saturated carbocycles. The molecular weight excluding hydrogens is 226 g/mol. The van der Waals surface area contributed by atoms with Gasteiger partial charge in [0.05, 0.1) is 11.4 Å².